The predicted octanol–water partition coefficient (Wildman–Crippen LogP) is 2.81. The first-order valence-corrected chi connectivity index (χ1v) is 9.10. The zero-order valence-corrected chi connectivity index (χ0v) is 14.7. The highest BCUT2D eigenvalue weighted by Crippen LogP contribution is 2.35. The standard InChI is InChI=1S/C20H23N3O3/c24-19(14-15-7-11-26-18-6-2-1-4-16(15)18)22-17-5-3-8-21-20(17)23-9-12-25-13-10-23/h1-6,8,15H,7,9-14H2,(H,22,24). The van der Waals surface area contributed by atoms with Crippen molar-refractivity contribution in [1.82, 2.24) is 4.98 Å². The van der Waals surface area contributed by atoms with E-state index in [1.165, 1.54) is 0 Å². The molecule has 0 aliphatic carbocycles. The maximum atomic E-state index is 12.7. The maximum Gasteiger partial charge on any atom is 0.225 e. The number of carbonyl (C=O) groups excluding carboxylic acids is 1. The van der Waals surface area contributed by atoms with Crippen LogP contribution in [-0.2, 0) is 9.53 Å². The number of nitrogens with one attached hydrogen (secondary N) is 1. The van der Waals surface area contributed by atoms with Gasteiger partial charge in [-0.3, -0.25) is 4.79 Å². The van der Waals surface area contributed by atoms with Gasteiger partial charge in [0.15, 0.2) is 5.82 Å². The molecule has 1 N–H and O–H groups in total. The Kier molecular flexibility index (Phi) is 5.02. The lowest BCUT2D eigenvalue weighted by Gasteiger charge is -2.29. The number of fused-ring (bicyclic) bond motifs is 1. The highest BCUT2D eigenvalue weighted by Gasteiger charge is 2.24. The second-order valence-corrected chi connectivity index (χ2v) is 6.60. The maximum absolute atomic E-state index is 12.7. The van der Waals surface area contributed by atoms with Gasteiger partial charge in [0.25, 0.3) is 0 Å². The van der Waals surface area contributed by atoms with Gasteiger partial charge in [0.2, 0.25) is 5.91 Å². The Labute approximate surface area is 153 Å². The van der Waals surface area contributed by atoms with Crippen molar-refractivity contribution in [1.29, 1.82) is 0 Å². The summed E-state index contributed by atoms with van der Waals surface area (Å²) < 4.78 is 11.1. The van der Waals surface area contributed by atoms with E-state index in [1.54, 1.807) is 6.20 Å². The minimum Gasteiger partial charge on any atom is -0.493 e. The van der Waals surface area contributed by atoms with Crippen LogP contribution >= 0.6 is 0 Å². The quantitative estimate of drug-likeness (QED) is 0.916. The molecule has 4 rings (SSSR count). The topological polar surface area (TPSA) is 63.7 Å². The van der Waals surface area contributed by atoms with Crippen LogP contribution in [0.4, 0.5) is 11.5 Å². The lowest BCUT2D eigenvalue weighted by Crippen LogP contribution is -2.37. The molecule has 0 bridgehead atoms. The van der Waals surface area contributed by atoms with Gasteiger partial charge in [-0.25, -0.2) is 4.98 Å². The monoisotopic (exact) mass is 353 g/mol. The summed E-state index contributed by atoms with van der Waals surface area (Å²) >= 11 is 0. The molecule has 2 aromatic rings. The molecule has 136 valence electrons. The molecule has 1 unspecified atom stereocenters. The smallest absolute Gasteiger partial charge is 0.225 e. The highest BCUT2D eigenvalue weighted by atomic mass is 16.5. The van der Waals surface area contributed by atoms with Crippen LogP contribution in [0.2, 0.25) is 0 Å². The fourth-order valence-corrected chi connectivity index (χ4v) is 3.57. The molecule has 1 aromatic heterocycles. The van der Waals surface area contributed by atoms with Gasteiger partial charge < -0.3 is 19.7 Å². The molecule has 6 heteroatoms. The average Bonchev–Trinajstić information content (AvgIpc) is 2.69. The van der Waals surface area contributed by atoms with E-state index in [0.29, 0.717) is 26.2 Å². The number of anilines is 2. The fraction of sp³-hybridized carbons (Fsp3) is 0.400. The number of hydrogen-bond donors (Lipinski definition) is 1. The summed E-state index contributed by atoms with van der Waals surface area (Å²) in [5, 5.41) is 3.06. The first-order chi connectivity index (χ1) is 12.8. The molecule has 2 aliphatic heterocycles. The van der Waals surface area contributed by atoms with Crippen molar-refractivity contribution in [3.05, 3.63) is 48.2 Å². The molecule has 1 atom stereocenters. The van der Waals surface area contributed by atoms with E-state index < -0.39 is 0 Å². The number of carbonyl (C=O) groups is 1. The second kappa shape index (κ2) is 7.74. The number of pyridine rings is 1. The number of hydrogen-bond acceptors (Lipinski definition) is 5. The first-order valence-electron chi connectivity index (χ1n) is 9.10. The SMILES string of the molecule is O=C(CC1CCOc2ccccc21)Nc1cccnc1N1CCOCC1. The van der Waals surface area contributed by atoms with Crippen molar-refractivity contribution in [2.45, 2.75) is 18.8 Å². The largest absolute Gasteiger partial charge is 0.493 e. The zero-order valence-electron chi connectivity index (χ0n) is 14.7. The van der Waals surface area contributed by atoms with E-state index in [-0.39, 0.29) is 11.8 Å². The van der Waals surface area contributed by atoms with Gasteiger partial charge >= 0.3 is 0 Å². The molecule has 0 radical (unpaired) electrons. The van der Waals surface area contributed by atoms with E-state index in [4.69, 9.17) is 9.47 Å². The summed E-state index contributed by atoms with van der Waals surface area (Å²) in [4.78, 5) is 19.3. The number of nitrogens with zero attached hydrogens (tertiary/aromatic N) is 2. The number of aromatic nitrogens is 1. The number of rotatable bonds is 4. The van der Waals surface area contributed by atoms with Crippen molar-refractivity contribution in [3.63, 3.8) is 0 Å². The van der Waals surface area contributed by atoms with E-state index in [2.05, 4.69) is 21.3 Å². The van der Waals surface area contributed by atoms with E-state index >= 15 is 0 Å². The Morgan fingerprint density at radius 1 is 1.15 bits per heavy atom. The van der Waals surface area contributed by atoms with Crippen molar-refractivity contribution < 1.29 is 14.3 Å². The number of benzene rings is 1. The minimum atomic E-state index is 0.00853. The van der Waals surface area contributed by atoms with Crippen LogP contribution in [0, 0.1) is 0 Å². The van der Waals surface area contributed by atoms with Crippen molar-refractivity contribution in [2.75, 3.05) is 43.1 Å². The summed E-state index contributed by atoms with van der Waals surface area (Å²) in [6.07, 6.45) is 3.06. The van der Waals surface area contributed by atoms with Gasteiger partial charge in [-0.2, -0.15) is 0 Å². The summed E-state index contributed by atoms with van der Waals surface area (Å²) in [6.45, 7) is 3.59. The first kappa shape index (κ1) is 16.8. The summed E-state index contributed by atoms with van der Waals surface area (Å²) in [7, 11) is 0. The van der Waals surface area contributed by atoms with Crippen LogP contribution in [0.5, 0.6) is 5.75 Å². The van der Waals surface area contributed by atoms with Gasteiger partial charge in [-0.1, -0.05) is 18.2 Å². The predicted molar refractivity (Wildman–Crippen MR) is 99.8 cm³/mol. The fourth-order valence-electron chi connectivity index (χ4n) is 3.57. The van der Waals surface area contributed by atoms with E-state index in [0.717, 1.165) is 42.3 Å². The van der Waals surface area contributed by atoms with Gasteiger partial charge in [0.05, 0.1) is 25.5 Å². The van der Waals surface area contributed by atoms with Gasteiger partial charge in [-0.15, -0.1) is 0 Å². The summed E-state index contributed by atoms with van der Waals surface area (Å²) in [6, 6.07) is 11.7. The molecule has 26 heavy (non-hydrogen) atoms. The molecule has 1 fully saturated rings. The molecule has 2 aliphatic rings. The second-order valence-electron chi connectivity index (χ2n) is 6.60. The third-order valence-corrected chi connectivity index (χ3v) is 4.89. The van der Waals surface area contributed by atoms with Crippen LogP contribution in [0.15, 0.2) is 42.6 Å². The van der Waals surface area contributed by atoms with Crippen LogP contribution in [0.25, 0.3) is 0 Å². The Balaban J connectivity index is 1.46. The Hall–Kier alpha value is -2.60. The zero-order chi connectivity index (χ0) is 17.8. The van der Waals surface area contributed by atoms with Crippen LogP contribution in [-0.4, -0.2) is 43.8 Å². The number of amides is 1. The molecule has 0 saturated carbocycles. The van der Waals surface area contributed by atoms with Gasteiger partial charge in [0, 0.05) is 25.7 Å². The van der Waals surface area contributed by atoms with E-state index in [1.807, 2.05) is 30.3 Å². The van der Waals surface area contributed by atoms with Crippen LogP contribution in [0.1, 0.15) is 24.3 Å². The molecule has 0 spiro atoms. The number of para-hydroxylation sites is 1. The van der Waals surface area contributed by atoms with Gasteiger partial charge in [-0.05, 0) is 36.1 Å². The third kappa shape index (κ3) is 3.65. The highest BCUT2D eigenvalue weighted by molar-refractivity contribution is 5.94. The molecule has 1 aromatic carbocycles. The van der Waals surface area contributed by atoms with Crippen LogP contribution in [0.3, 0.4) is 0 Å². The average molecular weight is 353 g/mol. The normalized spacial score (nSPS) is 19.4. The van der Waals surface area contributed by atoms with Crippen molar-refractivity contribution in [3.8, 4) is 5.75 Å². The van der Waals surface area contributed by atoms with Crippen LogP contribution < -0.4 is 15.0 Å². The van der Waals surface area contributed by atoms with E-state index in [9.17, 15) is 4.79 Å². The molecular weight excluding hydrogens is 330 g/mol. The van der Waals surface area contributed by atoms with Gasteiger partial charge in [0.1, 0.15) is 5.75 Å². The molecule has 1 amide bonds. The Morgan fingerprint density at radius 3 is 2.88 bits per heavy atom. The molecular formula is C20H23N3O3. The van der Waals surface area contributed by atoms with Crippen molar-refractivity contribution >= 4 is 17.4 Å². The summed E-state index contributed by atoms with van der Waals surface area (Å²) in [5.74, 6) is 1.90. The minimum absolute atomic E-state index is 0.00853. The Bertz CT molecular complexity index is 774. The molecule has 6 nitrogen and oxygen atoms in total. The lowest BCUT2D eigenvalue weighted by atomic mass is 9.90. The third-order valence-electron chi connectivity index (χ3n) is 4.89. The molecule has 3 heterocycles. The number of morpholine rings is 1. The molecule has 1 saturated heterocycles. The lowest BCUT2D eigenvalue weighted by molar-refractivity contribution is -0.116. The Morgan fingerprint density at radius 2 is 2.00 bits per heavy atom. The summed E-state index contributed by atoms with van der Waals surface area (Å²) in [5.41, 5.74) is 1.88. The van der Waals surface area contributed by atoms with Crippen molar-refractivity contribution in [2.24, 2.45) is 0 Å². The number of ether oxygens (including phenoxy) is 2.